The molecule has 0 spiro atoms. The van der Waals surface area contributed by atoms with E-state index in [1.165, 1.54) is 7.11 Å². The number of carbonyl (C=O) groups is 1. The predicted molar refractivity (Wildman–Crippen MR) is 65.5 cm³/mol. The van der Waals surface area contributed by atoms with Crippen molar-refractivity contribution in [1.29, 1.82) is 0 Å². The molecule has 1 atom stereocenters. The van der Waals surface area contributed by atoms with Crippen LogP contribution in [0.5, 0.6) is 0 Å². The van der Waals surface area contributed by atoms with Gasteiger partial charge in [-0.3, -0.25) is 4.79 Å². The molecule has 1 unspecified atom stereocenters. The Labute approximate surface area is 101 Å². The Hall–Kier alpha value is -1.59. The number of nitrogen functional groups attached to an aromatic ring is 1. The van der Waals surface area contributed by atoms with E-state index in [-0.39, 0.29) is 25.5 Å². The minimum absolute atomic E-state index is 0.168. The van der Waals surface area contributed by atoms with E-state index >= 15 is 0 Å². The van der Waals surface area contributed by atoms with E-state index in [0.29, 0.717) is 5.69 Å². The van der Waals surface area contributed by atoms with E-state index in [1.807, 2.05) is 12.1 Å². The van der Waals surface area contributed by atoms with Gasteiger partial charge in [0.15, 0.2) is 0 Å². The fourth-order valence-corrected chi connectivity index (χ4v) is 1.41. The van der Waals surface area contributed by atoms with Crippen LogP contribution in [0, 0.1) is 0 Å². The number of para-hydroxylation sites is 1. The van der Waals surface area contributed by atoms with Crippen LogP contribution in [-0.4, -0.2) is 37.4 Å². The van der Waals surface area contributed by atoms with Crippen LogP contribution in [-0.2, 0) is 16.0 Å². The molecule has 94 valence electrons. The third kappa shape index (κ3) is 4.84. The zero-order valence-corrected chi connectivity index (χ0v) is 9.85. The predicted octanol–water partition coefficient (Wildman–Crippen LogP) is -0.0652. The molecule has 0 bridgehead atoms. The first-order valence-electron chi connectivity index (χ1n) is 5.40. The van der Waals surface area contributed by atoms with Crippen molar-refractivity contribution in [2.75, 3.05) is 26.0 Å². The fraction of sp³-hybridized carbons (Fsp3) is 0.417. The lowest BCUT2D eigenvalue weighted by molar-refractivity contribution is -0.121. The number of hydrogen-bond donors (Lipinski definition) is 3. The number of rotatable bonds is 6. The number of benzene rings is 1. The normalized spacial score (nSPS) is 12.1. The quantitative estimate of drug-likeness (QED) is 0.606. The van der Waals surface area contributed by atoms with Gasteiger partial charge in [-0.25, -0.2) is 0 Å². The highest BCUT2D eigenvalue weighted by Crippen LogP contribution is 2.10. The van der Waals surface area contributed by atoms with Gasteiger partial charge in [-0.15, -0.1) is 0 Å². The maximum Gasteiger partial charge on any atom is 0.224 e. The topological polar surface area (TPSA) is 84.6 Å². The number of anilines is 1. The van der Waals surface area contributed by atoms with E-state index < -0.39 is 6.10 Å². The summed E-state index contributed by atoms with van der Waals surface area (Å²) in [5.74, 6) is -0.168. The highest BCUT2D eigenvalue weighted by atomic mass is 16.5. The Morgan fingerprint density at radius 3 is 2.88 bits per heavy atom. The lowest BCUT2D eigenvalue weighted by Gasteiger charge is -2.11. The summed E-state index contributed by atoms with van der Waals surface area (Å²) in [6.07, 6.45) is -0.469. The van der Waals surface area contributed by atoms with Gasteiger partial charge in [0.1, 0.15) is 0 Å². The van der Waals surface area contributed by atoms with Crippen molar-refractivity contribution in [3.05, 3.63) is 29.8 Å². The lowest BCUT2D eigenvalue weighted by Crippen LogP contribution is -2.35. The molecule has 0 saturated heterocycles. The lowest BCUT2D eigenvalue weighted by atomic mass is 10.1. The molecule has 1 aromatic carbocycles. The van der Waals surface area contributed by atoms with Crippen molar-refractivity contribution in [1.82, 2.24) is 5.32 Å². The third-order valence-electron chi connectivity index (χ3n) is 2.30. The molecule has 0 fully saturated rings. The Morgan fingerprint density at radius 2 is 2.24 bits per heavy atom. The van der Waals surface area contributed by atoms with Gasteiger partial charge in [0.2, 0.25) is 5.91 Å². The Bertz CT molecular complexity index is 369. The summed E-state index contributed by atoms with van der Waals surface area (Å²) in [4.78, 5) is 11.6. The summed E-state index contributed by atoms with van der Waals surface area (Å²) in [6.45, 7) is 0.382. The average Bonchev–Trinajstić information content (AvgIpc) is 2.30. The average molecular weight is 238 g/mol. The van der Waals surface area contributed by atoms with Crippen LogP contribution in [0.3, 0.4) is 0 Å². The second kappa shape index (κ2) is 6.88. The van der Waals surface area contributed by atoms with E-state index in [0.717, 1.165) is 5.56 Å². The van der Waals surface area contributed by atoms with Gasteiger partial charge in [-0.2, -0.15) is 0 Å². The minimum Gasteiger partial charge on any atom is -0.398 e. The number of amides is 1. The third-order valence-corrected chi connectivity index (χ3v) is 2.30. The van der Waals surface area contributed by atoms with Crippen molar-refractivity contribution in [2.24, 2.45) is 0 Å². The molecule has 0 radical (unpaired) electrons. The van der Waals surface area contributed by atoms with Gasteiger partial charge < -0.3 is 20.9 Å². The molecule has 0 aliphatic carbocycles. The molecular weight excluding hydrogens is 220 g/mol. The van der Waals surface area contributed by atoms with Gasteiger partial charge in [0.25, 0.3) is 0 Å². The minimum atomic E-state index is -0.683. The summed E-state index contributed by atoms with van der Waals surface area (Å²) in [6, 6.07) is 7.21. The first kappa shape index (κ1) is 13.5. The monoisotopic (exact) mass is 238 g/mol. The number of nitrogens with two attached hydrogens (primary N) is 1. The molecule has 5 nitrogen and oxygen atoms in total. The maximum absolute atomic E-state index is 11.6. The summed E-state index contributed by atoms with van der Waals surface area (Å²) >= 11 is 0. The van der Waals surface area contributed by atoms with Crippen molar-refractivity contribution >= 4 is 11.6 Å². The zero-order chi connectivity index (χ0) is 12.7. The zero-order valence-electron chi connectivity index (χ0n) is 9.85. The number of aliphatic hydroxyl groups excluding tert-OH is 1. The molecule has 1 amide bonds. The summed E-state index contributed by atoms with van der Waals surface area (Å²) in [7, 11) is 1.50. The summed E-state index contributed by atoms with van der Waals surface area (Å²) in [5.41, 5.74) is 7.10. The number of methoxy groups -OCH3 is 1. The number of hydrogen-bond acceptors (Lipinski definition) is 4. The van der Waals surface area contributed by atoms with Crippen LogP contribution in [0.2, 0.25) is 0 Å². The van der Waals surface area contributed by atoms with E-state index in [9.17, 15) is 9.90 Å². The molecule has 1 rings (SSSR count). The van der Waals surface area contributed by atoms with Crippen molar-refractivity contribution in [3.8, 4) is 0 Å². The molecule has 0 aliphatic heterocycles. The van der Waals surface area contributed by atoms with E-state index in [2.05, 4.69) is 5.32 Å². The van der Waals surface area contributed by atoms with Gasteiger partial charge in [-0.1, -0.05) is 18.2 Å². The smallest absolute Gasteiger partial charge is 0.224 e. The Morgan fingerprint density at radius 1 is 1.53 bits per heavy atom. The molecule has 0 heterocycles. The van der Waals surface area contributed by atoms with Crippen LogP contribution < -0.4 is 11.1 Å². The first-order chi connectivity index (χ1) is 8.13. The highest BCUT2D eigenvalue weighted by Gasteiger charge is 2.08. The van der Waals surface area contributed by atoms with Crippen LogP contribution in [0.25, 0.3) is 0 Å². The van der Waals surface area contributed by atoms with Crippen LogP contribution >= 0.6 is 0 Å². The molecule has 1 aromatic rings. The van der Waals surface area contributed by atoms with Gasteiger partial charge in [-0.05, 0) is 11.6 Å². The summed E-state index contributed by atoms with van der Waals surface area (Å²) < 4.78 is 4.75. The maximum atomic E-state index is 11.6. The first-order valence-corrected chi connectivity index (χ1v) is 5.40. The number of ether oxygens (including phenoxy) is 1. The van der Waals surface area contributed by atoms with Crippen molar-refractivity contribution in [2.45, 2.75) is 12.5 Å². The Balaban J connectivity index is 2.37. The molecule has 17 heavy (non-hydrogen) atoms. The number of carbonyl (C=O) groups excluding carboxylic acids is 1. The van der Waals surface area contributed by atoms with Crippen LogP contribution in [0.4, 0.5) is 5.69 Å². The molecule has 0 aliphatic rings. The van der Waals surface area contributed by atoms with Gasteiger partial charge >= 0.3 is 0 Å². The highest BCUT2D eigenvalue weighted by molar-refractivity contribution is 5.80. The Kier molecular flexibility index (Phi) is 5.45. The molecule has 0 saturated carbocycles. The second-order valence-electron chi connectivity index (χ2n) is 3.79. The van der Waals surface area contributed by atoms with Crippen LogP contribution in [0.15, 0.2) is 24.3 Å². The molecule has 4 N–H and O–H groups in total. The molecule has 5 heteroatoms. The largest absolute Gasteiger partial charge is 0.398 e. The van der Waals surface area contributed by atoms with Gasteiger partial charge in [0.05, 0.1) is 19.1 Å². The SMILES string of the molecule is COCC(O)CNC(=O)Cc1ccccc1N. The molecule has 0 aromatic heterocycles. The fourth-order valence-electron chi connectivity index (χ4n) is 1.41. The molecular formula is C12H18N2O3. The summed E-state index contributed by atoms with van der Waals surface area (Å²) in [5, 5.41) is 12.0. The van der Waals surface area contributed by atoms with Crippen LogP contribution in [0.1, 0.15) is 5.56 Å². The van der Waals surface area contributed by atoms with Crippen molar-refractivity contribution < 1.29 is 14.6 Å². The second-order valence-corrected chi connectivity index (χ2v) is 3.79. The van der Waals surface area contributed by atoms with Crippen molar-refractivity contribution in [3.63, 3.8) is 0 Å². The van der Waals surface area contributed by atoms with E-state index in [1.54, 1.807) is 12.1 Å². The number of aliphatic hydroxyl groups is 1. The number of nitrogens with one attached hydrogen (secondary N) is 1. The van der Waals surface area contributed by atoms with E-state index in [4.69, 9.17) is 10.5 Å². The standard InChI is InChI=1S/C12H18N2O3/c1-17-8-10(15)7-14-12(16)6-9-4-2-3-5-11(9)13/h2-5,10,15H,6-8,13H2,1H3,(H,14,16). The van der Waals surface area contributed by atoms with Gasteiger partial charge in [0, 0.05) is 19.3 Å².